The van der Waals surface area contributed by atoms with Crippen LogP contribution in [0.15, 0.2) is 36.9 Å². The first-order chi connectivity index (χ1) is 20.3. The van der Waals surface area contributed by atoms with Gasteiger partial charge in [-0.05, 0) is 50.2 Å². The number of nitrogens with zero attached hydrogens (tertiary/aromatic N) is 4. The van der Waals surface area contributed by atoms with Gasteiger partial charge in [-0.25, -0.2) is 19.6 Å². The first-order valence-electron chi connectivity index (χ1n) is 14.7. The van der Waals surface area contributed by atoms with Gasteiger partial charge in [-0.2, -0.15) is 0 Å². The van der Waals surface area contributed by atoms with E-state index < -0.39 is 30.1 Å². The fraction of sp³-hybridized carbons (Fsp3) is 0.567. The smallest absolute Gasteiger partial charge is 0.326 e. The van der Waals surface area contributed by atoms with Crippen LogP contribution in [-0.4, -0.2) is 93.3 Å². The molecule has 0 spiro atoms. The largest absolute Gasteiger partial charge is 0.480 e. The molecule has 3 heterocycles. The van der Waals surface area contributed by atoms with Gasteiger partial charge in [-0.3, -0.25) is 4.79 Å². The lowest BCUT2D eigenvalue weighted by atomic mass is 9.96. The summed E-state index contributed by atoms with van der Waals surface area (Å²) in [5, 5.41) is 13.1. The van der Waals surface area contributed by atoms with E-state index in [2.05, 4.69) is 21.9 Å². The number of para-hydroxylation sites is 2. The van der Waals surface area contributed by atoms with Gasteiger partial charge in [-0.15, -0.1) is 6.58 Å². The van der Waals surface area contributed by atoms with Crippen molar-refractivity contribution < 1.29 is 29.0 Å². The van der Waals surface area contributed by atoms with Crippen molar-refractivity contribution in [2.75, 3.05) is 26.2 Å². The lowest BCUT2D eigenvalue weighted by Gasteiger charge is -2.31. The fourth-order valence-electron chi connectivity index (χ4n) is 6.16. The van der Waals surface area contributed by atoms with E-state index in [0.717, 1.165) is 44.9 Å². The second kappa shape index (κ2) is 13.7. The highest BCUT2D eigenvalue weighted by atomic mass is 35.5. The molecule has 2 aliphatic heterocycles. The van der Waals surface area contributed by atoms with Crippen LogP contribution in [0, 0.1) is 5.92 Å². The Bertz CT molecular complexity index is 1300. The molecule has 4 atom stereocenters. The summed E-state index contributed by atoms with van der Waals surface area (Å²) in [6.45, 7) is 5.35. The third-order valence-corrected chi connectivity index (χ3v) is 8.61. The van der Waals surface area contributed by atoms with E-state index in [1.54, 1.807) is 17.0 Å². The number of halogens is 1. The number of likely N-dealkylation sites (tertiary alicyclic amines) is 2. The van der Waals surface area contributed by atoms with Gasteiger partial charge in [0.05, 0.1) is 23.7 Å². The van der Waals surface area contributed by atoms with E-state index in [1.165, 1.54) is 4.90 Å². The van der Waals surface area contributed by atoms with Gasteiger partial charge in [0.15, 0.2) is 5.15 Å². The molecule has 5 rings (SSSR count). The molecule has 1 aliphatic carbocycles. The molecular formula is C30H38ClN5O6. The minimum Gasteiger partial charge on any atom is -0.480 e. The molecule has 3 fully saturated rings. The van der Waals surface area contributed by atoms with Crippen LogP contribution in [0.1, 0.15) is 51.4 Å². The predicted octanol–water partition coefficient (Wildman–Crippen LogP) is 4.04. The number of ether oxygens (including phenoxy) is 2. The van der Waals surface area contributed by atoms with Crippen LogP contribution < -0.4 is 10.1 Å². The van der Waals surface area contributed by atoms with Gasteiger partial charge >= 0.3 is 12.0 Å². The highest BCUT2D eigenvalue weighted by Gasteiger charge is 2.46. The first kappa shape index (κ1) is 30.0. The summed E-state index contributed by atoms with van der Waals surface area (Å²) >= 11 is 6.33. The molecule has 1 saturated carbocycles. The lowest BCUT2D eigenvalue weighted by molar-refractivity contribution is -0.149. The van der Waals surface area contributed by atoms with Crippen molar-refractivity contribution in [1.29, 1.82) is 0 Å². The van der Waals surface area contributed by atoms with Gasteiger partial charge in [0, 0.05) is 26.1 Å². The molecule has 12 heteroatoms. The number of fused-ring (bicyclic) bond motifs is 1. The fourth-order valence-corrected chi connectivity index (χ4v) is 6.33. The van der Waals surface area contributed by atoms with Crippen molar-refractivity contribution in [3.05, 3.63) is 42.1 Å². The number of urea groups is 1. The molecule has 1 aromatic heterocycles. The SMILES string of the molecule is C=CCCCO[C@H]1CCN(C(=O)NC(C(=O)N2C[C@H](Oc3nc4ccccc4nc3Cl)C[C@H]2C(=O)O)C2CCCC2)C1. The molecule has 2 aromatic rings. The van der Waals surface area contributed by atoms with E-state index in [1.807, 2.05) is 18.2 Å². The van der Waals surface area contributed by atoms with E-state index in [-0.39, 0.29) is 42.1 Å². The maximum absolute atomic E-state index is 14.0. The molecule has 2 saturated heterocycles. The second-order valence-electron chi connectivity index (χ2n) is 11.3. The van der Waals surface area contributed by atoms with Crippen LogP contribution in [0.4, 0.5) is 4.79 Å². The number of aromatic nitrogens is 2. The second-order valence-corrected chi connectivity index (χ2v) is 11.6. The Labute approximate surface area is 250 Å². The monoisotopic (exact) mass is 599 g/mol. The van der Waals surface area contributed by atoms with Gasteiger partial charge < -0.3 is 29.7 Å². The zero-order valence-electron chi connectivity index (χ0n) is 23.6. The quantitative estimate of drug-likeness (QED) is 0.292. The van der Waals surface area contributed by atoms with Crippen molar-refractivity contribution >= 4 is 40.5 Å². The summed E-state index contributed by atoms with van der Waals surface area (Å²) in [5.41, 5.74) is 1.20. The number of carbonyl (C=O) groups excluding carboxylic acids is 2. The number of carbonyl (C=O) groups is 3. The van der Waals surface area contributed by atoms with Gasteiger partial charge in [0.1, 0.15) is 18.2 Å². The summed E-state index contributed by atoms with van der Waals surface area (Å²) in [6.07, 6.45) is 7.22. The highest BCUT2D eigenvalue weighted by Crippen LogP contribution is 2.32. The molecule has 3 aliphatic rings. The van der Waals surface area contributed by atoms with Gasteiger partial charge in [0.2, 0.25) is 5.91 Å². The number of carboxylic acids is 1. The maximum Gasteiger partial charge on any atom is 0.326 e. The maximum atomic E-state index is 14.0. The zero-order chi connectivity index (χ0) is 29.6. The predicted molar refractivity (Wildman–Crippen MR) is 156 cm³/mol. The summed E-state index contributed by atoms with van der Waals surface area (Å²) in [4.78, 5) is 51.4. The Kier molecular flexibility index (Phi) is 9.79. The molecule has 0 radical (unpaired) electrons. The third kappa shape index (κ3) is 6.95. The van der Waals surface area contributed by atoms with E-state index in [0.29, 0.717) is 30.7 Å². The molecule has 42 heavy (non-hydrogen) atoms. The van der Waals surface area contributed by atoms with Gasteiger partial charge in [-0.1, -0.05) is 42.7 Å². The summed E-state index contributed by atoms with van der Waals surface area (Å²) < 4.78 is 11.9. The normalized spacial score (nSPS) is 23.3. The number of aliphatic carboxylic acids is 1. The number of rotatable bonds is 11. The molecule has 226 valence electrons. The summed E-state index contributed by atoms with van der Waals surface area (Å²) in [7, 11) is 0. The van der Waals surface area contributed by atoms with Crippen LogP contribution in [0.25, 0.3) is 11.0 Å². The minimum atomic E-state index is -1.13. The lowest BCUT2D eigenvalue weighted by Crippen LogP contribution is -2.56. The Morgan fingerprint density at radius 3 is 2.57 bits per heavy atom. The van der Waals surface area contributed by atoms with Crippen LogP contribution in [0.5, 0.6) is 5.88 Å². The molecule has 1 aromatic carbocycles. The van der Waals surface area contributed by atoms with Crippen LogP contribution in [0.3, 0.4) is 0 Å². The Balaban J connectivity index is 1.26. The number of hydrogen-bond acceptors (Lipinski definition) is 7. The van der Waals surface area contributed by atoms with Crippen molar-refractivity contribution in [1.82, 2.24) is 25.1 Å². The Morgan fingerprint density at radius 1 is 1.12 bits per heavy atom. The minimum absolute atomic E-state index is 0.0318. The number of allylic oxidation sites excluding steroid dienone is 1. The standard InChI is InChI=1S/C30H38ClN5O6/c1-2-3-8-15-41-20-13-14-35(17-20)30(40)34-25(19-9-4-5-10-19)28(37)36-18-21(16-24(36)29(38)39)42-27-26(31)32-22-11-6-7-12-23(22)33-27/h2,6-7,11-12,19-21,24-25H,1,3-5,8-10,13-18H2,(H,34,40)(H,38,39)/t20-,21+,24-,25?/m0/s1. The van der Waals surface area contributed by atoms with E-state index in [4.69, 9.17) is 21.1 Å². The molecule has 1 unspecified atom stereocenters. The zero-order valence-corrected chi connectivity index (χ0v) is 24.4. The van der Waals surface area contributed by atoms with Gasteiger partial charge in [0.25, 0.3) is 5.88 Å². The number of amides is 3. The molecule has 2 N–H and O–H groups in total. The Morgan fingerprint density at radius 2 is 1.86 bits per heavy atom. The molecule has 0 bridgehead atoms. The molecule has 3 amide bonds. The van der Waals surface area contributed by atoms with Crippen LogP contribution >= 0.6 is 11.6 Å². The highest BCUT2D eigenvalue weighted by molar-refractivity contribution is 6.31. The first-order valence-corrected chi connectivity index (χ1v) is 15.1. The Hall–Kier alpha value is -3.44. The number of hydrogen-bond donors (Lipinski definition) is 2. The number of carboxylic acid groups (broad SMARTS) is 1. The van der Waals surface area contributed by atoms with Crippen molar-refractivity contribution in [2.45, 2.75) is 75.7 Å². The number of benzene rings is 1. The topological polar surface area (TPSA) is 134 Å². The average molecular weight is 600 g/mol. The summed E-state index contributed by atoms with van der Waals surface area (Å²) in [6, 6.07) is 4.96. The average Bonchev–Trinajstić information content (AvgIpc) is 3.76. The third-order valence-electron chi connectivity index (χ3n) is 8.36. The van der Waals surface area contributed by atoms with Crippen LogP contribution in [-0.2, 0) is 14.3 Å². The van der Waals surface area contributed by atoms with Crippen molar-refractivity contribution in [3.8, 4) is 5.88 Å². The van der Waals surface area contributed by atoms with Crippen molar-refractivity contribution in [3.63, 3.8) is 0 Å². The van der Waals surface area contributed by atoms with E-state index >= 15 is 0 Å². The molecular weight excluding hydrogens is 562 g/mol. The van der Waals surface area contributed by atoms with Crippen molar-refractivity contribution in [2.24, 2.45) is 5.92 Å². The summed E-state index contributed by atoms with van der Waals surface area (Å²) in [5.74, 6) is -1.50. The van der Waals surface area contributed by atoms with Crippen LogP contribution in [0.2, 0.25) is 5.15 Å². The number of nitrogens with one attached hydrogen (secondary N) is 1. The number of unbranched alkanes of at least 4 members (excludes halogenated alkanes) is 1. The van der Waals surface area contributed by atoms with E-state index in [9.17, 15) is 19.5 Å². The molecule has 11 nitrogen and oxygen atoms in total.